The maximum absolute atomic E-state index is 12.2. The van der Waals surface area contributed by atoms with Crippen LogP contribution >= 0.6 is 11.3 Å². The summed E-state index contributed by atoms with van der Waals surface area (Å²) in [6.07, 6.45) is 1.06. The summed E-state index contributed by atoms with van der Waals surface area (Å²) in [6.45, 7) is 1.09. The van der Waals surface area contributed by atoms with Gasteiger partial charge in [-0.1, -0.05) is 23.5 Å². The SMILES string of the molecule is COc1ccc(CCC(=O)Nc2nc3cc4c(cc3s2)OCCO4)cc1. The standard InChI is InChI=1S/C19H18N2O4S/c1-23-13-5-2-12(3-6-13)4-7-18(22)21-19-20-14-10-15-16(11-17(14)26-19)25-9-8-24-15/h2-3,5-6,10-11H,4,7-9H2,1H3,(H,20,21,22). The predicted octanol–water partition coefficient (Wildman–Crippen LogP) is 3.65. The van der Waals surface area contributed by atoms with E-state index < -0.39 is 0 Å². The molecule has 7 heteroatoms. The van der Waals surface area contributed by atoms with E-state index in [1.54, 1.807) is 7.11 Å². The first-order valence-electron chi connectivity index (χ1n) is 8.34. The number of rotatable bonds is 5. The van der Waals surface area contributed by atoms with Crippen LogP contribution in [0.15, 0.2) is 36.4 Å². The van der Waals surface area contributed by atoms with Crippen molar-refractivity contribution < 1.29 is 19.0 Å². The summed E-state index contributed by atoms with van der Waals surface area (Å²) in [4.78, 5) is 16.7. The van der Waals surface area contributed by atoms with E-state index in [0.717, 1.165) is 27.3 Å². The summed E-state index contributed by atoms with van der Waals surface area (Å²) in [5, 5.41) is 3.46. The van der Waals surface area contributed by atoms with E-state index in [1.807, 2.05) is 36.4 Å². The van der Waals surface area contributed by atoms with Crippen LogP contribution in [0.1, 0.15) is 12.0 Å². The molecule has 0 radical (unpaired) electrons. The minimum atomic E-state index is -0.0582. The van der Waals surface area contributed by atoms with E-state index in [0.29, 0.717) is 36.9 Å². The van der Waals surface area contributed by atoms with E-state index in [4.69, 9.17) is 14.2 Å². The maximum atomic E-state index is 12.2. The summed E-state index contributed by atoms with van der Waals surface area (Å²) in [7, 11) is 1.63. The molecule has 0 atom stereocenters. The highest BCUT2D eigenvalue weighted by Crippen LogP contribution is 2.37. The Morgan fingerprint density at radius 2 is 1.92 bits per heavy atom. The smallest absolute Gasteiger partial charge is 0.226 e. The zero-order valence-corrected chi connectivity index (χ0v) is 15.1. The number of hydrogen-bond donors (Lipinski definition) is 1. The average Bonchev–Trinajstić information content (AvgIpc) is 3.05. The van der Waals surface area contributed by atoms with Crippen molar-refractivity contribution in [1.82, 2.24) is 4.98 Å². The van der Waals surface area contributed by atoms with Gasteiger partial charge in [-0.15, -0.1) is 0 Å². The van der Waals surface area contributed by atoms with E-state index in [2.05, 4.69) is 10.3 Å². The molecule has 1 aromatic heterocycles. The van der Waals surface area contributed by atoms with Gasteiger partial charge in [0.05, 0.1) is 17.3 Å². The van der Waals surface area contributed by atoms with Crippen molar-refractivity contribution in [2.45, 2.75) is 12.8 Å². The van der Waals surface area contributed by atoms with Crippen molar-refractivity contribution in [3.05, 3.63) is 42.0 Å². The van der Waals surface area contributed by atoms with E-state index in [9.17, 15) is 4.79 Å². The zero-order valence-electron chi connectivity index (χ0n) is 14.3. The molecule has 4 rings (SSSR count). The lowest BCUT2D eigenvalue weighted by molar-refractivity contribution is -0.116. The number of aromatic nitrogens is 1. The molecule has 3 aromatic rings. The van der Waals surface area contributed by atoms with Gasteiger partial charge in [-0.05, 0) is 24.1 Å². The van der Waals surface area contributed by atoms with Crippen molar-refractivity contribution in [3.8, 4) is 17.2 Å². The third-order valence-electron chi connectivity index (χ3n) is 4.10. The predicted molar refractivity (Wildman–Crippen MR) is 101 cm³/mol. The monoisotopic (exact) mass is 370 g/mol. The van der Waals surface area contributed by atoms with Crippen LogP contribution in [0, 0.1) is 0 Å². The lowest BCUT2D eigenvalue weighted by atomic mass is 10.1. The molecule has 0 bridgehead atoms. The topological polar surface area (TPSA) is 69.7 Å². The second-order valence-electron chi connectivity index (χ2n) is 5.88. The number of aryl methyl sites for hydroxylation is 1. The summed E-state index contributed by atoms with van der Waals surface area (Å²) >= 11 is 1.43. The average molecular weight is 370 g/mol. The summed E-state index contributed by atoms with van der Waals surface area (Å²) in [5.41, 5.74) is 1.89. The molecule has 1 N–H and O–H groups in total. The van der Waals surface area contributed by atoms with Gasteiger partial charge in [-0.2, -0.15) is 0 Å². The summed E-state index contributed by atoms with van der Waals surface area (Å²) in [6, 6.07) is 11.5. The van der Waals surface area contributed by atoms with Crippen LogP contribution in [0.2, 0.25) is 0 Å². The van der Waals surface area contributed by atoms with Crippen LogP contribution in [0.3, 0.4) is 0 Å². The molecule has 0 fully saturated rings. The molecule has 0 spiro atoms. The normalized spacial score (nSPS) is 12.8. The number of fused-ring (bicyclic) bond motifs is 2. The number of anilines is 1. The summed E-state index contributed by atoms with van der Waals surface area (Å²) in [5.74, 6) is 2.18. The Bertz CT molecular complexity index is 894. The van der Waals surface area contributed by atoms with Crippen LogP contribution in [0.25, 0.3) is 10.2 Å². The number of carbonyl (C=O) groups excluding carboxylic acids is 1. The fourth-order valence-electron chi connectivity index (χ4n) is 2.75. The number of carbonyl (C=O) groups is 1. The van der Waals surface area contributed by atoms with Gasteiger partial charge < -0.3 is 19.5 Å². The molecule has 0 unspecified atom stereocenters. The molecule has 134 valence electrons. The molecular formula is C19H18N2O4S. The summed E-state index contributed by atoms with van der Waals surface area (Å²) < 4.78 is 17.2. The first-order valence-corrected chi connectivity index (χ1v) is 9.16. The first-order chi connectivity index (χ1) is 12.7. The van der Waals surface area contributed by atoms with E-state index >= 15 is 0 Å². The molecule has 0 saturated heterocycles. The molecule has 26 heavy (non-hydrogen) atoms. The van der Waals surface area contributed by atoms with Crippen molar-refractivity contribution in [2.24, 2.45) is 0 Å². The lowest BCUT2D eigenvalue weighted by Crippen LogP contribution is -2.15. The van der Waals surface area contributed by atoms with Crippen LogP contribution < -0.4 is 19.5 Å². The Balaban J connectivity index is 1.40. The Morgan fingerprint density at radius 3 is 2.65 bits per heavy atom. The second kappa shape index (κ2) is 7.21. The van der Waals surface area contributed by atoms with E-state index in [1.165, 1.54) is 11.3 Å². The van der Waals surface area contributed by atoms with Crippen LogP contribution in [0.4, 0.5) is 5.13 Å². The molecule has 1 aliphatic rings. The minimum Gasteiger partial charge on any atom is -0.497 e. The Hall–Kier alpha value is -2.80. The Morgan fingerprint density at radius 1 is 1.19 bits per heavy atom. The van der Waals surface area contributed by atoms with Crippen molar-refractivity contribution in [2.75, 3.05) is 25.6 Å². The molecule has 0 aliphatic carbocycles. The quantitative estimate of drug-likeness (QED) is 0.742. The number of amides is 1. The lowest BCUT2D eigenvalue weighted by Gasteiger charge is -2.17. The van der Waals surface area contributed by atoms with Crippen LogP contribution in [-0.4, -0.2) is 31.2 Å². The minimum absolute atomic E-state index is 0.0582. The first kappa shape index (κ1) is 16.7. The highest BCUT2D eigenvalue weighted by molar-refractivity contribution is 7.22. The third kappa shape index (κ3) is 3.57. The number of nitrogens with one attached hydrogen (secondary N) is 1. The number of ether oxygens (including phenoxy) is 3. The molecule has 6 nitrogen and oxygen atoms in total. The van der Waals surface area contributed by atoms with Crippen molar-refractivity contribution >= 4 is 32.6 Å². The number of methoxy groups -OCH3 is 1. The number of nitrogens with zero attached hydrogens (tertiary/aromatic N) is 1. The fourth-order valence-corrected chi connectivity index (χ4v) is 3.64. The highest BCUT2D eigenvalue weighted by atomic mass is 32.1. The largest absolute Gasteiger partial charge is 0.497 e. The Labute approximate surface area is 154 Å². The maximum Gasteiger partial charge on any atom is 0.226 e. The van der Waals surface area contributed by atoms with Crippen molar-refractivity contribution in [1.29, 1.82) is 0 Å². The molecule has 2 heterocycles. The second-order valence-corrected chi connectivity index (χ2v) is 6.91. The third-order valence-corrected chi connectivity index (χ3v) is 5.03. The van der Waals surface area contributed by atoms with Gasteiger partial charge in [0.25, 0.3) is 0 Å². The zero-order chi connectivity index (χ0) is 17.9. The fraction of sp³-hybridized carbons (Fsp3) is 0.263. The number of benzene rings is 2. The molecular weight excluding hydrogens is 352 g/mol. The molecule has 0 saturated carbocycles. The number of thiazole rings is 1. The number of hydrogen-bond acceptors (Lipinski definition) is 6. The van der Waals surface area contributed by atoms with Crippen LogP contribution in [0.5, 0.6) is 17.2 Å². The van der Waals surface area contributed by atoms with Crippen LogP contribution in [-0.2, 0) is 11.2 Å². The molecule has 1 aliphatic heterocycles. The van der Waals surface area contributed by atoms with E-state index in [-0.39, 0.29) is 5.91 Å². The van der Waals surface area contributed by atoms with Gasteiger partial charge in [0, 0.05) is 18.6 Å². The highest BCUT2D eigenvalue weighted by Gasteiger charge is 2.16. The Kier molecular flexibility index (Phi) is 4.62. The van der Waals surface area contributed by atoms with Crippen molar-refractivity contribution in [3.63, 3.8) is 0 Å². The van der Waals surface area contributed by atoms with Gasteiger partial charge in [-0.25, -0.2) is 4.98 Å². The van der Waals surface area contributed by atoms with Gasteiger partial charge in [0.1, 0.15) is 19.0 Å². The van der Waals surface area contributed by atoms with Gasteiger partial charge >= 0.3 is 0 Å². The van der Waals surface area contributed by atoms with Gasteiger partial charge in [0.2, 0.25) is 5.91 Å². The van der Waals surface area contributed by atoms with Gasteiger partial charge in [-0.3, -0.25) is 4.79 Å². The molecule has 1 amide bonds. The van der Waals surface area contributed by atoms with Gasteiger partial charge in [0.15, 0.2) is 16.6 Å². The molecule has 2 aromatic carbocycles.